The van der Waals surface area contributed by atoms with Gasteiger partial charge in [0.25, 0.3) is 0 Å². The smallest absolute Gasteiger partial charge is 0.140 e. The van der Waals surface area contributed by atoms with E-state index >= 15 is 0 Å². The molecule has 25 heavy (non-hydrogen) atoms. The molecule has 0 saturated heterocycles. The summed E-state index contributed by atoms with van der Waals surface area (Å²) in [6, 6.07) is 5.11. The largest absolute Gasteiger partial charge is 0.506 e. The van der Waals surface area contributed by atoms with Gasteiger partial charge in [0.15, 0.2) is 0 Å². The molecule has 0 amide bonds. The first-order valence-corrected chi connectivity index (χ1v) is 8.89. The first-order chi connectivity index (χ1) is 12.1. The maximum atomic E-state index is 10.1. The summed E-state index contributed by atoms with van der Waals surface area (Å²) in [5.41, 5.74) is 1.18. The predicted octanol–water partition coefficient (Wildman–Crippen LogP) is 1.79. The van der Waals surface area contributed by atoms with Gasteiger partial charge in [-0.3, -0.25) is 0 Å². The van der Waals surface area contributed by atoms with Crippen LogP contribution in [0.15, 0.2) is 18.2 Å². The normalized spacial score (nSPS) is 13.4. The van der Waals surface area contributed by atoms with Crippen molar-refractivity contribution in [2.75, 3.05) is 50.2 Å². The molecule has 0 fully saturated rings. The molecule has 7 nitrogen and oxygen atoms in total. The Balaban J connectivity index is 2.50. The van der Waals surface area contributed by atoms with Crippen molar-refractivity contribution in [2.24, 2.45) is 0 Å². The molecule has 2 atom stereocenters. The van der Waals surface area contributed by atoms with Crippen LogP contribution in [0.25, 0.3) is 0 Å². The molecule has 0 saturated carbocycles. The van der Waals surface area contributed by atoms with Crippen molar-refractivity contribution in [3.63, 3.8) is 0 Å². The zero-order valence-electron chi connectivity index (χ0n) is 15.2. The van der Waals surface area contributed by atoms with Crippen LogP contribution in [0.3, 0.4) is 0 Å². The second kappa shape index (κ2) is 12.8. The number of para-hydroxylation sites is 1. The minimum Gasteiger partial charge on any atom is -0.506 e. The van der Waals surface area contributed by atoms with E-state index in [1.165, 1.54) is 0 Å². The molecule has 0 heterocycles. The standard InChI is InChI=1S/C18H32N2O5/c1-3-24-10-8-14(21)12-19-16-6-5-7-17(23)18(16)20-13-15(22)9-11-25-4-2/h5-7,14-15,19-23H,3-4,8-13H2,1-2H3. The average molecular weight is 356 g/mol. The summed E-state index contributed by atoms with van der Waals surface area (Å²) >= 11 is 0. The molecule has 1 rings (SSSR count). The zero-order chi connectivity index (χ0) is 18.5. The quantitative estimate of drug-likeness (QED) is 0.256. The van der Waals surface area contributed by atoms with Gasteiger partial charge < -0.3 is 35.4 Å². The minimum atomic E-state index is -0.573. The highest BCUT2D eigenvalue weighted by molar-refractivity contribution is 5.75. The summed E-state index contributed by atoms with van der Waals surface area (Å²) in [6.07, 6.45) is -0.0550. The van der Waals surface area contributed by atoms with Crippen LogP contribution in [-0.2, 0) is 9.47 Å². The fourth-order valence-electron chi connectivity index (χ4n) is 2.25. The van der Waals surface area contributed by atoms with E-state index in [1.807, 2.05) is 19.9 Å². The maximum absolute atomic E-state index is 10.1. The third kappa shape index (κ3) is 8.92. The lowest BCUT2D eigenvalue weighted by Crippen LogP contribution is -2.24. The van der Waals surface area contributed by atoms with Gasteiger partial charge >= 0.3 is 0 Å². The van der Waals surface area contributed by atoms with Gasteiger partial charge in [-0.2, -0.15) is 0 Å². The number of anilines is 2. The van der Waals surface area contributed by atoms with Crippen LogP contribution in [-0.4, -0.2) is 67.0 Å². The molecule has 0 aliphatic heterocycles. The Bertz CT molecular complexity index is 473. The predicted molar refractivity (Wildman–Crippen MR) is 99.3 cm³/mol. The summed E-state index contributed by atoms with van der Waals surface area (Å²) in [4.78, 5) is 0. The average Bonchev–Trinajstić information content (AvgIpc) is 2.59. The number of aromatic hydroxyl groups is 1. The molecule has 1 aromatic rings. The lowest BCUT2D eigenvalue weighted by Gasteiger charge is -2.19. The second-order valence-electron chi connectivity index (χ2n) is 5.74. The summed E-state index contributed by atoms with van der Waals surface area (Å²) in [5.74, 6) is 0.0887. The van der Waals surface area contributed by atoms with Crippen LogP contribution >= 0.6 is 0 Å². The van der Waals surface area contributed by atoms with Gasteiger partial charge in [-0.1, -0.05) is 6.07 Å². The monoisotopic (exact) mass is 356 g/mol. The summed E-state index contributed by atoms with van der Waals surface area (Å²) < 4.78 is 10.4. The van der Waals surface area contributed by atoms with E-state index in [0.717, 1.165) is 0 Å². The molecule has 0 aliphatic rings. The topological polar surface area (TPSA) is 103 Å². The van der Waals surface area contributed by atoms with E-state index in [-0.39, 0.29) is 5.75 Å². The van der Waals surface area contributed by atoms with E-state index in [1.54, 1.807) is 12.1 Å². The number of hydrogen-bond donors (Lipinski definition) is 5. The highest BCUT2D eigenvalue weighted by Gasteiger charge is 2.12. The van der Waals surface area contributed by atoms with Crippen molar-refractivity contribution >= 4 is 11.4 Å². The maximum Gasteiger partial charge on any atom is 0.140 e. The SMILES string of the molecule is CCOCCC(O)CNc1cccc(O)c1NCC(O)CCOCC. The summed E-state index contributed by atoms with van der Waals surface area (Å²) in [5, 5.41) is 36.2. The molecule has 7 heteroatoms. The Morgan fingerprint density at radius 2 is 1.48 bits per heavy atom. The van der Waals surface area contributed by atoms with Gasteiger partial charge in [0, 0.05) is 39.5 Å². The molecule has 0 radical (unpaired) electrons. The number of aliphatic hydroxyl groups excluding tert-OH is 2. The van der Waals surface area contributed by atoms with Crippen LogP contribution in [0.2, 0.25) is 0 Å². The molecule has 2 unspecified atom stereocenters. The fraction of sp³-hybridized carbons (Fsp3) is 0.667. The number of hydrogen-bond acceptors (Lipinski definition) is 7. The van der Waals surface area contributed by atoms with E-state index in [0.29, 0.717) is 63.7 Å². The van der Waals surface area contributed by atoms with Crippen molar-refractivity contribution in [1.82, 2.24) is 0 Å². The number of aliphatic hydroxyl groups is 2. The molecule has 5 N–H and O–H groups in total. The number of nitrogens with one attached hydrogen (secondary N) is 2. The summed E-state index contributed by atoms with van der Waals surface area (Å²) in [7, 11) is 0. The Hall–Kier alpha value is -1.54. The van der Waals surface area contributed by atoms with Crippen molar-refractivity contribution in [2.45, 2.75) is 38.9 Å². The highest BCUT2D eigenvalue weighted by atomic mass is 16.5. The van der Waals surface area contributed by atoms with Gasteiger partial charge in [-0.25, -0.2) is 0 Å². The molecule has 144 valence electrons. The molecule has 0 aliphatic carbocycles. The Morgan fingerprint density at radius 1 is 0.920 bits per heavy atom. The Kier molecular flexibility index (Phi) is 11.0. The summed E-state index contributed by atoms with van der Waals surface area (Å²) in [6.45, 7) is 6.73. The second-order valence-corrected chi connectivity index (χ2v) is 5.74. The number of rotatable bonds is 14. The molecule has 0 spiro atoms. The van der Waals surface area contributed by atoms with Gasteiger partial charge in [-0.15, -0.1) is 0 Å². The van der Waals surface area contributed by atoms with E-state index in [9.17, 15) is 15.3 Å². The lowest BCUT2D eigenvalue weighted by molar-refractivity contribution is 0.0936. The molecular weight excluding hydrogens is 324 g/mol. The van der Waals surface area contributed by atoms with Crippen LogP contribution in [0.5, 0.6) is 5.75 Å². The molecule has 1 aromatic carbocycles. The van der Waals surface area contributed by atoms with Crippen LogP contribution < -0.4 is 10.6 Å². The third-order valence-electron chi connectivity index (χ3n) is 3.68. The highest BCUT2D eigenvalue weighted by Crippen LogP contribution is 2.31. The minimum absolute atomic E-state index is 0.0887. The molecule has 0 aromatic heterocycles. The van der Waals surface area contributed by atoms with E-state index < -0.39 is 12.2 Å². The van der Waals surface area contributed by atoms with E-state index in [4.69, 9.17) is 9.47 Å². The van der Waals surface area contributed by atoms with Crippen LogP contribution in [0, 0.1) is 0 Å². The number of phenolic OH excluding ortho intramolecular Hbond substituents is 1. The van der Waals surface area contributed by atoms with Gasteiger partial charge in [0.2, 0.25) is 0 Å². The molecule has 0 bridgehead atoms. The Labute approximate surface area is 150 Å². The first-order valence-electron chi connectivity index (χ1n) is 8.89. The fourth-order valence-corrected chi connectivity index (χ4v) is 2.25. The number of ether oxygens (including phenoxy) is 2. The lowest BCUT2D eigenvalue weighted by atomic mass is 10.2. The first kappa shape index (κ1) is 21.5. The van der Waals surface area contributed by atoms with Gasteiger partial charge in [0.1, 0.15) is 11.4 Å². The van der Waals surface area contributed by atoms with Crippen LogP contribution in [0.1, 0.15) is 26.7 Å². The molecular formula is C18H32N2O5. The van der Waals surface area contributed by atoms with Crippen molar-refractivity contribution < 1.29 is 24.8 Å². The van der Waals surface area contributed by atoms with E-state index in [2.05, 4.69) is 10.6 Å². The van der Waals surface area contributed by atoms with Crippen molar-refractivity contribution in [1.29, 1.82) is 0 Å². The van der Waals surface area contributed by atoms with Crippen molar-refractivity contribution in [3.8, 4) is 5.75 Å². The number of benzene rings is 1. The number of phenols is 1. The Morgan fingerprint density at radius 3 is 2.04 bits per heavy atom. The van der Waals surface area contributed by atoms with Crippen molar-refractivity contribution in [3.05, 3.63) is 18.2 Å². The zero-order valence-corrected chi connectivity index (χ0v) is 15.2. The third-order valence-corrected chi connectivity index (χ3v) is 3.68. The van der Waals surface area contributed by atoms with Gasteiger partial charge in [-0.05, 0) is 38.8 Å². The van der Waals surface area contributed by atoms with Gasteiger partial charge in [0.05, 0.1) is 17.9 Å². The van der Waals surface area contributed by atoms with Crippen LogP contribution in [0.4, 0.5) is 11.4 Å².